The first kappa shape index (κ1) is 14.1. The number of benzene rings is 1. The number of hydrogen-bond acceptors (Lipinski definition) is 3. The van der Waals surface area contributed by atoms with Crippen LogP contribution in [-0.4, -0.2) is 9.97 Å². The van der Waals surface area contributed by atoms with Gasteiger partial charge in [0.05, 0.1) is 5.56 Å². The van der Waals surface area contributed by atoms with Gasteiger partial charge in [0.1, 0.15) is 16.7 Å². The van der Waals surface area contributed by atoms with Crippen LogP contribution in [0.5, 0.6) is 0 Å². The average molecular weight is 353 g/mol. The lowest BCUT2D eigenvalue weighted by molar-refractivity contribution is -0.137. The maximum atomic E-state index is 12.6. The average Bonchev–Trinajstić information content (AvgIpc) is 2.26. The summed E-state index contributed by atoms with van der Waals surface area (Å²) >= 11 is 8.81. The number of aromatic nitrogens is 2. The van der Waals surface area contributed by atoms with Crippen molar-refractivity contribution in [2.45, 2.75) is 6.18 Å². The van der Waals surface area contributed by atoms with E-state index < -0.39 is 11.7 Å². The molecule has 0 fully saturated rings. The molecule has 100 valence electrons. The second kappa shape index (κ2) is 5.34. The first-order valence-corrected chi connectivity index (χ1v) is 6.14. The third-order valence-corrected chi connectivity index (χ3v) is 2.78. The van der Waals surface area contributed by atoms with Crippen LogP contribution < -0.4 is 5.32 Å². The van der Waals surface area contributed by atoms with E-state index in [1.165, 1.54) is 18.5 Å². The molecule has 0 aliphatic rings. The lowest BCUT2D eigenvalue weighted by atomic mass is 10.2. The highest BCUT2D eigenvalue weighted by Crippen LogP contribution is 2.33. The van der Waals surface area contributed by atoms with Gasteiger partial charge in [0.2, 0.25) is 0 Å². The first-order valence-electron chi connectivity index (χ1n) is 4.97. The molecule has 3 nitrogen and oxygen atoms in total. The van der Waals surface area contributed by atoms with Gasteiger partial charge in [-0.05, 0) is 34.1 Å². The number of alkyl halides is 3. The van der Waals surface area contributed by atoms with Gasteiger partial charge >= 0.3 is 6.18 Å². The van der Waals surface area contributed by atoms with Gasteiger partial charge in [-0.2, -0.15) is 13.2 Å². The van der Waals surface area contributed by atoms with E-state index in [1.807, 2.05) is 0 Å². The molecule has 0 bridgehead atoms. The predicted molar refractivity (Wildman–Crippen MR) is 69.5 cm³/mol. The number of rotatable bonds is 2. The lowest BCUT2D eigenvalue weighted by Crippen LogP contribution is -2.05. The van der Waals surface area contributed by atoms with E-state index in [-0.39, 0.29) is 10.7 Å². The van der Waals surface area contributed by atoms with Crippen LogP contribution in [0, 0.1) is 0 Å². The Morgan fingerprint density at radius 1 is 1.11 bits per heavy atom. The highest BCUT2D eigenvalue weighted by Gasteiger charge is 2.31. The molecule has 2 aromatic rings. The van der Waals surface area contributed by atoms with Gasteiger partial charge in [-0.3, -0.25) is 0 Å². The molecule has 2 rings (SSSR count). The minimum Gasteiger partial charge on any atom is -0.340 e. The summed E-state index contributed by atoms with van der Waals surface area (Å²) < 4.78 is 38.4. The molecule has 0 atom stereocenters. The Kier molecular flexibility index (Phi) is 3.96. The Morgan fingerprint density at radius 3 is 2.47 bits per heavy atom. The van der Waals surface area contributed by atoms with E-state index in [9.17, 15) is 13.2 Å². The van der Waals surface area contributed by atoms with Gasteiger partial charge in [0.15, 0.2) is 0 Å². The van der Waals surface area contributed by atoms with Gasteiger partial charge in [-0.25, -0.2) is 9.97 Å². The summed E-state index contributed by atoms with van der Waals surface area (Å²) in [6.07, 6.45) is -3.17. The van der Waals surface area contributed by atoms with Gasteiger partial charge in [-0.1, -0.05) is 11.6 Å². The Morgan fingerprint density at radius 2 is 1.84 bits per heavy atom. The third kappa shape index (κ3) is 3.81. The van der Waals surface area contributed by atoms with Crippen LogP contribution in [0.3, 0.4) is 0 Å². The van der Waals surface area contributed by atoms with Crippen LogP contribution in [0.25, 0.3) is 0 Å². The van der Waals surface area contributed by atoms with Crippen molar-refractivity contribution < 1.29 is 13.2 Å². The largest absolute Gasteiger partial charge is 0.416 e. The van der Waals surface area contributed by atoms with E-state index in [2.05, 4.69) is 31.2 Å². The topological polar surface area (TPSA) is 37.8 Å². The molecule has 1 N–H and O–H groups in total. The van der Waals surface area contributed by atoms with Crippen molar-refractivity contribution in [1.82, 2.24) is 9.97 Å². The molecule has 1 heterocycles. The number of hydrogen-bond donors (Lipinski definition) is 1. The van der Waals surface area contributed by atoms with E-state index >= 15 is 0 Å². The molecule has 19 heavy (non-hydrogen) atoms. The molecule has 1 aromatic heterocycles. The minimum absolute atomic E-state index is 0.00885. The van der Waals surface area contributed by atoms with E-state index in [0.717, 1.165) is 12.1 Å². The van der Waals surface area contributed by atoms with Gasteiger partial charge < -0.3 is 5.32 Å². The normalized spacial score (nSPS) is 11.4. The molecule has 0 saturated heterocycles. The van der Waals surface area contributed by atoms with Crippen molar-refractivity contribution in [3.05, 3.63) is 45.8 Å². The molecule has 0 aliphatic heterocycles. The Bertz CT molecular complexity index is 604. The number of nitrogens with one attached hydrogen (secondary N) is 1. The number of halogens is 5. The van der Waals surface area contributed by atoms with Crippen molar-refractivity contribution in [2.24, 2.45) is 0 Å². The Hall–Kier alpha value is -1.34. The monoisotopic (exact) mass is 351 g/mol. The minimum atomic E-state index is -4.45. The molecule has 1 aromatic carbocycles. The molecule has 0 saturated carbocycles. The smallest absolute Gasteiger partial charge is 0.340 e. The van der Waals surface area contributed by atoms with E-state index in [1.54, 1.807) is 0 Å². The molecular weight excluding hydrogens is 346 g/mol. The third-order valence-electron chi connectivity index (χ3n) is 2.13. The highest BCUT2D eigenvalue weighted by molar-refractivity contribution is 9.10. The maximum absolute atomic E-state index is 12.6. The van der Waals surface area contributed by atoms with Crippen molar-refractivity contribution >= 4 is 39.0 Å². The summed E-state index contributed by atoms with van der Waals surface area (Å²) in [7, 11) is 0. The predicted octanol–water partition coefficient (Wildman–Crippen LogP) is 4.65. The first-order chi connectivity index (χ1) is 8.84. The van der Waals surface area contributed by atoms with Crippen LogP contribution in [0.2, 0.25) is 5.02 Å². The Balaban J connectivity index is 2.33. The number of nitrogens with zero attached hydrogens (tertiary/aromatic N) is 2. The van der Waals surface area contributed by atoms with Crippen LogP contribution in [0.15, 0.2) is 35.2 Å². The Labute approximate surface area is 120 Å². The van der Waals surface area contributed by atoms with Crippen molar-refractivity contribution in [1.29, 1.82) is 0 Å². The number of anilines is 2. The van der Waals surface area contributed by atoms with Crippen LogP contribution in [0.4, 0.5) is 24.7 Å². The zero-order valence-electron chi connectivity index (χ0n) is 9.17. The summed E-state index contributed by atoms with van der Waals surface area (Å²) in [4.78, 5) is 7.70. The van der Waals surface area contributed by atoms with Crippen LogP contribution in [-0.2, 0) is 6.18 Å². The maximum Gasteiger partial charge on any atom is 0.416 e. The summed E-state index contributed by atoms with van der Waals surface area (Å²) in [5, 5.41) is 2.72. The van der Waals surface area contributed by atoms with Crippen molar-refractivity contribution in [2.75, 3.05) is 5.32 Å². The fourth-order valence-corrected chi connectivity index (χ4v) is 1.92. The molecule has 0 radical (unpaired) electrons. The van der Waals surface area contributed by atoms with Crippen LogP contribution in [0.1, 0.15) is 5.56 Å². The second-order valence-electron chi connectivity index (χ2n) is 3.58. The fourth-order valence-electron chi connectivity index (χ4n) is 1.38. The van der Waals surface area contributed by atoms with Crippen LogP contribution >= 0.6 is 27.5 Å². The molecule has 0 spiro atoms. The van der Waals surface area contributed by atoms with Crippen molar-refractivity contribution in [3.63, 3.8) is 0 Å². The molecule has 0 unspecified atom stereocenters. The zero-order valence-corrected chi connectivity index (χ0v) is 11.5. The quantitative estimate of drug-likeness (QED) is 0.799. The molecule has 8 heteroatoms. The second-order valence-corrected chi connectivity index (χ2v) is 4.83. The summed E-state index contributed by atoms with van der Waals surface area (Å²) in [6, 6.07) is 4.74. The van der Waals surface area contributed by atoms with E-state index in [4.69, 9.17) is 11.6 Å². The standard InChI is InChI=1S/C11H6BrClF3N3/c12-9-4-10(18-5-17-9)19-8-2-6(11(14,15)16)1-7(13)3-8/h1-5H,(H,17,18,19). The van der Waals surface area contributed by atoms with E-state index in [0.29, 0.717) is 10.4 Å². The molecule has 0 amide bonds. The lowest BCUT2D eigenvalue weighted by Gasteiger charge is -2.11. The van der Waals surface area contributed by atoms with Crippen molar-refractivity contribution in [3.8, 4) is 0 Å². The SMILES string of the molecule is FC(F)(F)c1cc(Cl)cc(Nc2cc(Br)ncn2)c1. The zero-order chi connectivity index (χ0) is 14.0. The molecular formula is C11H6BrClF3N3. The van der Waals surface area contributed by atoms with Gasteiger partial charge in [0, 0.05) is 16.8 Å². The summed E-state index contributed by atoms with van der Waals surface area (Å²) in [5.74, 6) is 0.359. The summed E-state index contributed by atoms with van der Waals surface area (Å²) in [5.41, 5.74) is -0.624. The van der Waals surface area contributed by atoms with Gasteiger partial charge in [0.25, 0.3) is 0 Å². The van der Waals surface area contributed by atoms with Gasteiger partial charge in [-0.15, -0.1) is 0 Å². The summed E-state index contributed by atoms with van der Waals surface area (Å²) in [6.45, 7) is 0. The fraction of sp³-hybridized carbons (Fsp3) is 0.0909. The molecule has 0 aliphatic carbocycles. The highest BCUT2D eigenvalue weighted by atomic mass is 79.9.